The molecule has 1 N–H and O–H groups in total. The molecule has 0 unspecified atom stereocenters. The van der Waals surface area contributed by atoms with Gasteiger partial charge in [0.05, 0.1) is 6.42 Å². The number of anilines is 1. The first-order valence-electron chi connectivity index (χ1n) is 7.92. The highest BCUT2D eigenvalue weighted by molar-refractivity contribution is 5.98. The Kier molecular flexibility index (Phi) is 6.35. The minimum atomic E-state index is -0.245. The average Bonchev–Trinajstić information content (AvgIpc) is 2.57. The average molecular weight is 316 g/mol. The molecule has 1 aromatic rings. The molecule has 0 aromatic heterocycles. The van der Waals surface area contributed by atoms with E-state index in [1.54, 1.807) is 12.1 Å². The first kappa shape index (κ1) is 17.2. The molecule has 0 radical (unpaired) electrons. The molecule has 5 nitrogen and oxygen atoms in total. The van der Waals surface area contributed by atoms with Crippen molar-refractivity contribution in [3.8, 4) is 0 Å². The van der Waals surface area contributed by atoms with E-state index in [1.807, 2.05) is 24.1 Å². The molecule has 1 fully saturated rings. The van der Waals surface area contributed by atoms with Gasteiger partial charge in [-0.3, -0.25) is 9.59 Å². The summed E-state index contributed by atoms with van der Waals surface area (Å²) in [6.45, 7) is 5.79. The Morgan fingerprint density at radius 1 is 1.30 bits per heavy atom. The molecular weight excluding hydrogens is 292 g/mol. The molecule has 0 aliphatic carbocycles. The largest absolute Gasteiger partial charge is 0.381 e. The highest BCUT2D eigenvalue weighted by atomic mass is 16.5. The van der Waals surface area contributed by atoms with Crippen LogP contribution < -0.4 is 5.32 Å². The smallest absolute Gasteiger partial charge is 0.247 e. The summed E-state index contributed by atoms with van der Waals surface area (Å²) in [5.41, 5.74) is 1.63. The van der Waals surface area contributed by atoms with Crippen LogP contribution in [0, 0.1) is 5.92 Å². The van der Waals surface area contributed by atoms with Gasteiger partial charge in [0.2, 0.25) is 11.8 Å². The van der Waals surface area contributed by atoms with Gasteiger partial charge in [-0.1, -0.05) is 18.7 Å². The van der Waals surface area contributed by atoms with Gasteiger partial charge in [-0.15, -0.1) is 0 Å². The molecule has 1 aliphatic rings. The summed E-state index contributed by atoms with van der Waals surface area (Å²) in [4.78, 5) is 25.3. The summed E-state index contributed by atoms with van der Waals surface area (Å²) in [5.74, 6) is 0.401. The van der Waals surface area contributed by atoms with Gasteiger partial charge >= 0.3 is 0 Å². The number of carbonyl (C=O) groups excluding carboxylic acids is 2. The van der Waals surface area contributed by atoms with Gasteiger partial charge in [0.15, 0.2) is 0 Å². The van der Waals surface area contributed by atoms with E-state index in [-0.39, 0.29) is 11.8 Å². The van der Waals surface area contributed by atoms with Crippen molar-refractivity contribution in [2.24, 2.45) is 5.92 Å². The Labute approximate surface area is 137 Å². The van der Waals surface area contributed by atoms with Gasteiger partial charge < -0.3 is 15.0 Å². The zero-order valence-electron chi connectivity index (χ0n) is 13.6. The van der Waals surface area contributed by atoms with Crippen molar-refractivity contribution in [2.75, 3.05) is 32.1 Å². The van der Waals surface area contributed by atoms with E-state index in [4.69, 9.17) is 4.74 Å². The van der Waals surface area contributed by atoms with E-state index in [1.165, 1.54) is 6.08 Å². The van der Waals surface area contributed by atoms with Gasteiger partial charge in [-0.05, 0) is 42.5 Å². The molecule has 124 valence electrons. The fourth-order valence-electron chi connectivity index (χ4n) is 2.63. The molecule has 2 amide bonds. The maximum Gasteiger partial charge on any atom is 0.247 e. The zero-order chi connectivity index (χ0) is 16.7. The van der Waals surface area contributed by atoms with Crippen LogP contribution in [-0.2, 0) is 20.7 Å². The van der Waals surface area contributed by atoms with Gasteiger partial charge in [-0.25, -0.2) is 0 Å². The van der Waals surface area contributed by atoms with Crippen LogP contribution in [0.15, 0.2) is 36.9 Å². The van der Waals surface area contributed by atoms with E-state index in [0.29, 0.717) is 18.0 Å². The van der Waals surface area contributed by atoms with E-state index in [0.717, 1.165) is 38.2 Å². The van der Waals surface area contributed by atoms with Crippen molar-refractivity contribution in [1.82, 2.24) is 4.90 Å². The Bertz CT molecular complexity index is 548. The number of nitrogens with zero attached hydrogens (tertiary/aromatic N) is 1. The zero-order valence-corrected chi connectivity index (χ0v) is 13.6. The summed E-state index contributed by atoms with van der Waals surface area (Å²) >= 11 is 0. The maximum absolute atomic E-state index is 12.3. The van der Waals surface area contributed by atoms with Crippen LogP contribution in [0.1, 0.15) is 18.4 Å². The van der Waals surface area contributed by atoms with Gasteiger partial charge in [-0.2, -0.15) is 0 Å². The molecule has 1 heterocycles. The summed E-state index contributed by atoms with van der Waals surface area (Å²) in [5, 5.41) is 2.68. The lowest BCUT2D eigenvalue weighted by atomic mass is 9.99. The summed E-state index contributed by atoms with van der Waals surface area (Å²) in [6, 6.07) is 7.31. The normalized spacial score (nSPS) is 15.0. The van der Waals surface area contributed by atoms with Crippen molar-refractivity contribution in [3.63, 3.8) is 0 Å². The Morgan fingerprint density at radius 2 is 1.96 bits per heavy atom. The molecule has 0 bridgehead atoms. The van der Waals surface area contributed by atoms with Gasteiger partial charge in [0.1, 0.15) is 0 Å². The fraction of sp³-hybridized carbons (Fsp3) is 0.444. The second-order valence-corrected chi connectivity index (χ2v) is 5.90. The monoisotopic (exact) mass is 316 g/mol. The number of benzene rings is 1. The van der Waals surface area contributed by atoms with Crippen LogP contribution in [0.2, 0.25) is 0 Å². The lowest BCUT2D eigenvalue weighted by Crippen LogP contribution is -2.35. The Hall–Kier alpha value is -2.14. The van der Waals surface area contributed by atoms with Crippen LogP contribution in [0.25, 0.3) is 0 Å². The highest BCUT2D eigenvalue weighted by Gasteiger charge is 2.18. The highest BCUT2D eigenvalue weighted by Crippen LogP contribution is 2.16. The van der Waals surface area contributed by atoms with E-state index >= 15 is 0 Å². The second kappa shape index (κ2) is 8.48. The third-order valence-electron chi connectivity index (χ3n) is 4.06. The SMILES string of the molecule is C=CC(=O)Nc1ccc(CC(=O)N(C)CC2CCOCC2)cc1. The van der Waals surface area contributed by atoms with Crippen LogP contribution >= 0.6 is 0 Å². The van der Waals surface area contributed by atoms with E-state index in [2.05, 4.69) is 11.9 Å². The van der Waals surface area contributed by atoms with Crippen LogP contribution in [0.4, 0.5) is 5.69 Å². The molecule has 23 heavy (non-hydrogen) atoms. The molecule has 2 rings (SSSR count). The number of amides is 2. The van der Waals surface area contributed by atoms with E-state index < -0.39 is 0 Å². The fourth-order valence-corrected chi connectivity index (χ4v) is 2.63. The number of carbonyl (C=O) groups is 2. The lowest BCUT2D eigenvalue weighted by Gasteiger charge is -2.27. The molecule has 1 saturated heterocycles. The number of nitrogens with one attached hydrogen (secondary N) is 1. The summed E-state index contributed by atoms with van der Waals surface area (Å²) < 4.78 is 5.34. The van der Waals surface area contributed by atoms with Gasteiger partial charge in [0.25, 0.3) is 0 Å². The first-order valence-corrected chi connectivity index (χ1v) is 7.92. The van der Waals surface area contributed by atoms with Crippen molar-refractivity contribution in [3.05, 3.63) is 42.5 Å². The third kappa shape index (κ3) is 5.53. The number of ether oxygens (including phenoxy) is 1. The number of likely N-dealkylation sites (N-methyl/N-ethyl adjacent to an activating group) is 1. The number of hydrogen-bond donors (Lipinski definition) is 1. The Balaban J connectivity index is 1.83. The quantitative estimate of drug-likeness (QED) is 0.819. The summed E-state index contributed by atoms with van der Waals surface area (Å²) in [6.07, 6.45) is 3.64. The van der Waals surface area contributed by atoms with Crippen LogP contribution in [-0.4, -0.2) is 43.5 Å². The second-order valence-electron chi connectivity index (χ2n) is 5.90. The molecule has 0 saturated carbocycles. The van der Waals surface area contributed by atoms with Crippen molar-refractivity contribution in [1.29, 1.82) is 0 Å². The Morgan fingerprint density at radius 3 is 2.57 bits per heavy atom. The van der Waals surface area contributed by atoms with Crippen LogP contribution in [0.5, 0.6) is 0 Å². The lowest BCUT2D eigenvalue weighted by molar-refractivity contribution is -0.130. The standard InChI is InChI=1S/C18H24N2O3/c1-3-17(21)19-16-6-4-14(5-7-16)12-18(22)20(2)13-15-8-10-23-11-9-15/h3-7,15H,1,8-13H2,2H3,(H,19,21). The van der Waals surface area contributed by atoms with Crippen molar-refractivity contribution < 1.29 is 14.3 Å². The molecule has 1 aliphatic heterocycles. The van der Waals surface area contributed by atoms with E-state index in [9.17, 15) is 9.59 Å². The predicted molar refractivity (Wildman–Crippen MR) is 90.2 cm³/mol. The van der Waals surface area contributed by atoms with Gasteiger partial charge in [0, 0.05) is 32.5 Å². The van der Waals surface area contributed by atoms with Crippen LogP contribution in [0.3, 0.4) is 0 Å². The topological polar surface area (TPSA) is 58.6 Å². The first-order chi connectivity index (χ1) is 11.1. The maximum atomic E-state index is 12.3. The molecule has 0 spiro atoms. The number of hydrogen-bond acceptors (Lipinski definition) is 3. The molecule has 5 heteroatoms. The van der Waals surface area contributed by atoms with Crippen molar-refractivity contribution >= 4 is 17.5 Å². The van der Waals surface area contributed by atoms with Crippen molar-refractivity contribution in [2.45, 2.75) is 19.3 Å². The molecular formula is C18H24N2O3. The third-order valence-corrected chi connectivity index (χ3v) is 4.06. The summed E-state index contributed by atoms with van der Waals surface area (Å²) in [7, 11) is 1.86. The molecule has 0 atom stereocenters. The minimum absolute atomic E-state index is 0.111. The predicted octanol–water partition coefficient (Wildman–Crippen LogP) is 2.24. The molecule has 1 aromatic carbocycles. The number of rotatable bonds is 6. The minimum Gasteiger partial charge on any atom is -0.381 e.